The summed E-state index contributed by atoms with van der Waals surface area (Å²) in [4.78, 5) is 6.53. The van der Waals surface area contributed by atoms with Crippen LogP contribution >= 0.6 is 0 Å². The smallest absolute Gasteiger partial charge is 0.207 e. The molecule has 136 valence electrons. The molecule has 2 atom stereocenters. The van der Waals surface area contributed by atoms with Crippen molar-refractivity contribution >= 4 is 27.6 Å². The van der Waals surface area contributed by atoms with E-state index in [0.29, 0.717) is 0 Å². The van der Waals surface area contributed by atoms with Crippen molar-refractivity contribution in [2.24, 2.45) is 12.0 Å². The van der Waals surface area contributed by atoms with Gasteiger partial charge in [0.1, 0.15) is 5.84 Å². The second kappa shape index (κ2) is 6.11. The van der Waals surface area contributed by atoms with Gasteiger partial charge in [-0.3, -0.25) is 0 Å². The minimum atomic E-state index is -0.234. The van der Waals surface area contributed by atoms with Gasteiger partial charge in [0.2, 0.25) is 6.19 Å². The van der Waals surface area contributed by atoms with Crippen molar-refractivity contribution in [1.29, 1.82) is 5.26 Å². The van der Waals surface area contributed by atoms with Gasteiger partial charge in [0.05, 0.1) is 6.10 Å². The lowest BCUT2D eigenvalue weighted by atomic mass is 9.98. The topological polar surface area (TPSA) is 64.5 Å². The Bertz CT molecular complexity index is 1090. The fourth-order valence-electron chi connectivity index (χ4n) is 5.12. The summed E-state index contributed by atoms with van der Waals surface area (Å²) >= 11 is 0. The van der Waals surface area contributed by atoms with E-state index in [2.05, 4.69) is 64.0 Å². The molecule has 1 aromatic heterocycles. The van der Waals surface area contributed by atoms with Crippen LogP contribution in [-0.4, -0.2) is 38.6 Å². The molecule has 0 amide bonds. The molecule has 5 rings (SSSR count). The Hall–Kier alpha value is -2.84. The molecule has 0 radical (unpaired) electrons. The van der Waals surface area contributed by atoms with E-state index >= 15 is 0 Å². The first kappa shape index (κ1) is 16.3. The van der Waals surface area contributed by atoms with Gasteiger partial charge >= 0.3 is 0 Å². The maximum atomic E-state index is 10.1. The summed E-state index contributed by atoms with van der Waals surface area (Å²) in [6.45, 7) is 0. The number of aryl methyl sites for hydroxylation is 1. The lowest BCUT2D eigenvalue weighted by molar-refractivity contribution is 0.0714. The molecular formula is C22H22N4O. The first-order chi connectivity index (χ1) is 13.2. The number of hydrogen-bond donors (Lipinski definition) is 1. The number of amidine groups is 1. The van der Waals surface area contributed by atoms with Crippen LogP contribution in [0.2, 0.25) is 0 Å². The molecule has 2 saturated heterocycles. The second-order valence-corrected chi connectivity index (χ2v) is 7.76. The molecule has 5 nitrogen and oxygen atoms in total. The van der Waals surface area contributed by atoms with Crippen molar-refractivity contribution in [1.82, 2.24) is 9.47 Å². The SMILES string of the molecule is Cn1c2ccccc2c2cc(/C(=N\C#N)N3C4CCC3CC(O)C4)ccc21. The normalized spacial score (nSPS) is 25.3. The first-order valence-electron chi connectivity index (χ1n) is 9.58. The molecule has 0 saturated carbocycles. The third kappa shape index (κ3) is 2.44. The number of para-hydroxylation sites is 1. The second-order valence-electron chi connectivity index (χ2n) is 7.76. The van der Waals surface area contributed by atoms with Crippen LogP contribution in [0.1, 0.15) is 31.2 Å². The van der Waals surface area contributed by atoms with E-state index in [1.165, 1.54) is 21.8 Å². The summed E-state index contributed by atoms with van der Waals surface area (Å²) in [6.07, 6.45) is 5.42. The highest BCUT2D eigenvalue weighted by molar-refractivity contribution is 6.11. The summed E-state index contributed by atoms with van der Waals surface area (Å²) in [5.74, 6) is 0.756. The van der Waals surface area contributed by atoms with Gasteiger partial charge in [-0.1, -0.05) is 18.2 Å². The Balaban J connectivity index is 1.66. The van der Waals surface area contributed by atoms with E-state index in [-0.39, 0.29) is 18.2 Å². The predicted octanol–water partition coefficient (Wildman–Crippen LogP) is 3.55. The van der Waals surface area contributed by atoms with Gasteiger partial charge in [0, 0.05) is 46.5 Å². The fourth-order valence-corrected chi connectivity index (χ4v) is 5.12. The lowest BCUT2D eigenvalue weighted by Crippen LogP contribution is -2.48. The lowest BCUT2D eigenvalue weighted by Gasteiger charge is -2.39. The summed E-state index contributed by atoms with van der Waals surface area (Å²) in [5.41, 5.74) is 3.35. The van der Waals surface area contributed by atoms with Gasteiger partial charge in [0.15, 0.2) is 0 Å². The number of benzene rings is 2. The highest BCUT2D eigenvalue weighted by Crippen LogP contribution is 2.38. The summed E-state index contributed by atoms with van der Waals surface area (Å²) in [6, 6.07) is 15.3. The van der Waals surface area contributed by atoms with E-state index in [1.54, 1.807) is 0 Å². The van der Waals surface area contributed by atoms with E-state index in [1.807, 2.05) is 6.19 Å². The van der Waals surface area contributed by atoms with Crippen molar-refractivity contribution in [3.8, 4) is 6.19 Å². The number of fused-ring (bicyclic) bond motifs is 5. The third-order valence-corrected chi connectivity index (χ3v) is 6.28. The van der Waals surface area contributed by atoms with Crippen LogP contribution in [0.15, 0.2) is 47.5 Å². The van der Waals surface area contributed by atoms with Crippen LogP contribution < -0.4 is 0 Å². The Labute approximate surface area is 158 Å². The summed E-state index contributed by atoms with van der Waals surface area (Å²) < 4.78 is 2.20. The molecule has 2 aliphatic rings. The zero-order valence-electron chi connectivity index (χ0n) is 15.3. The number of aliphatic imine (C=N–C) groups is 1. The number of piperidine rings is 1. The zero-order chi connectivity index (χ0) is 18.5. The van der Waals surface area contributed by atoms with Gasteiger partial charge in [-0.2, -0.15) is 10.3 Å². The number of nitrogens with zero attached hydrogens (tertiary/aromatic N) is 4. The molecule has 3 heterocycles. The van der Waals surface area contributed by atoms with Crippen LogP contribution in [0, 0.1) is 11.5 Å². The monoisotopic (exact) mass is 358 g/mol. The number of aliphatic hydroxyl groups excluding tert-OH is 1. The molecule has 5 heteroatoms. The minimum absolute atomic E-state index is 0.234. The Morgan fingerprint density at radius 3 is 2.52 bits per heavy atom. The minimum Gasteiger partial charge on any atom is -0.393 e. The van der Waals surface area contributed by atoms with Gasteiger partial charge in [0.25, 0.3) is 0 Å². The molecule has 1 N–H and O–H groups in total. The van der Waals surface area contributed by atoms with Gasteiger partial charge in [-0.05, 0) is 49.9 Å². The average molecular weight is 358 g/mol. The highest BCUT2D eigenvalue weighted by Gasteiger charge is 2.42. The molecular weight excluding hydrogens is 336 g/mol. The number of aliphatic hydroxyl groups is 1. The Kier molecular flexibility index (Phi) is 3.70. The predicted molar refractivity (Wildman–Crippen MR) is 106 cm³/mol. The number of nitriles is 1. The number of aromatic nitrogens is 1. The van der Waals surface area contributed by atoms with Crippen LogP contribution in [0.3, 0.4) is 0 Å². The van der Waals surface area contributed by atoms with E-state index in [9.17, 15) is 10.4 Å². The average Bonchev–Trinajstić information content (AvgIpc) is 3.11. The number of rotatable bonds is 1. The summed E-state index contributed by atoms with van der Waals surface area (Å²) in [5, 5.41) is 21.9. The zero-order valence-corrected chi connectivity index (χ0v) is 15.3. The van der Waals surface area contributed by atoms with Crippen LogP contribution in [0.4, 0.5) is 0 Å². The molecule has 2 aliphatic heterocycles. The van der Waals surface area contributed by atoms with Crippen molar-refractivity contribution in [2.75, 3.05) is 0 Å². The van der Waals surface area contributed by atoms with Crippen LogP contribution in [0.25, 0.3) is 21.8 Å². The van der Waals surface area contributed by atoms with Crippen molar-refractivity contribution in [3.05, 3.63) is 48.0 Å². The molecule has 0 aliphatic carbocycles. The van der Waals surface area contributed by atoms with Crippen molar-refractivity contribution < 1.29 is 5.11 Å². The summed E-state index contributed by atoms with van der Waals surface area (Å²) in [7, 11) is 2.08. The van der Waals surface area contributed by atoms with Crippen LogP contribution in [-0.2, 0) is 7.05 Å². The van der Waals surface area contributed by atoms with Crippen molar-refractivity contribution in [2.45, 2.75) is 43.9 Å². The molecule has 2 aromatic carbocycles. The maximum Gasteiger partial charge on any atom is 0.207 e. The third-order valence-electron chi connectivity index (χ3n) is 6.28. The Morgan fingerprint density at radius 1 is 1.07 bits per heavy atom. The quantitative estimate of drug-likeness (QED) is 0.411. The van der Waals surface area contributed by atoms with E-state index < -0.39 is 0 Å². The standard InChI is InChI=1S/C22H22N4O/c1-25-20-5-3-2-4-18(20)19-10-14(6-9-21(19)25)22(24-13-23)26-15-7-8-16(26)12-17(27)11-15/h2-6,9-10,15-17,27H,7-8,11-12H2,1H3/b24-22+. The van der Waals surface area contributed by atoms with Gasteiger partial charge < -0.3 is 14.6 Å². The van der Waals surface area contributed by atoms with E-state index in [4.69, 9.17) is 0 Å². The Morgan fingerprint density at radius 2 is 1.78 bits per heavy atom. The highest BCUT2D eigenvalue weighted by atomic mass is 16.3. The molecule has 2 fully saturated rings. The molecule has 27 heavy (non-hydrogen) atoms. The molecule has 2 bridgehead atoms. The largest absolute Gasteiger partial charge is 0.393 e. The van der Waals surface area contributed by atoms with Crippen molar-refractivity contribution in [3.63, 3.8) is 0 Å². The van der Waals surface area contributed by atoms with Gasteiger partial charge in [-0.15, -0.1) is 0 Å². The van der Waals surface area contributed by atoms with E-state index in [0.717, 1.165) is 37.1 Å². The van der Waals surface area contributed by atoms with Gasteiger partial charge in [-0.25, -0.2) is 0 Å². The fraction of sp³-hybridized carbons (Fsp3) is 0.364. The maximum absolute atomic E-state index is 10.1. The molecule has 3 aromatic rings. The molecule has 0 spiro atoms. The molecule has 2 unspecified atom stereocenters. The first-order valence-corrected chi connectivity index (χ1v) is 9.58. The van der Waals surface area contributed by atoms with Crippen LogP contribution in [0.5, 0.6) is 0 Å². The number of hydrogen-bond acceptors (Lipinski definition) is 3.